The van der Waals surface area contributed by atoms with Gasteiger partial charge in [-0.1, -0.05) is 23.8 Å². The fraction of sp³-hybridized carbons (Fsp3) is 0.591. The molecule has 1 aliphatic rings. The number of halogens is 1. The molecule has 8 nitrogen and oxygen atoms in total. The van der Waals surface area contributed by atoms with Crippen molar-refractivity contribution in [1.82, 2.24) is 20.4 Å². The second-order valence-electron chi connectivity index (χ2n) is 7.84. The second kappa shape index (κ2) is 13.4. The minimum atomic E-state index is -0.255. The predicted molar refractivity (Wildman–Crippen MR) is 134 cm³/mol. The third-order valence-corrected chi connectivity index (χ3v) is 5.17. The number of rotatable bonds is 6. The zero-order chi connectivity index (χ0) is 22.1. The van der Waals surface area contributed by atoms with Crippen molar-refractivity contribution in [2.45, 2.75) is 46.2 Å². The van der Waals surface area contributed by atoms with Crippen LogP contribution in [0.2, 0.25) is 0 Å². The first-order valence-electron chi connectivity index (χ1n) is 10.5. The number of aliphatic imine (C=N–C) groups is 1. The Kier molecular flexibility index (Phi) is 11.7. The van der Waals surface area contributed by atoms with Crippen LogP contribution in [0.4, 0.5) is 4.79 Å². The number of aryl methyl sites for hydroxylation is 2. The number of hydrogen-bond acceptors (Lipinski definition) is 4. The third-order valence-electron chi connectivity index (χ3n) is 5.17. The molecule has 0 unspecified atom stereocenters. The molecule has 2 amide bonds. The van der Waals surface area contributed by atoms with Gasteiger partial charge in [0.1, 0.15) is 0 Å². The van der Waals surface area contributed by atoms with E-state index in [0.29, 0.717) is 32.2 Å². The van der Waals surface area contributed by atoms with Crippen LogP contribution >= 0.6 is 24.0 Å². The number of benzene rings is 1. The maximum Gasteiger partial charge on any atom is 0.409 e. The maximum absolute atomic E-state index is 12.0. The highest BCUT2D eigenvalue weighted by atomic mass is 127. The fourth-order valence-corrected chi connectivity index (χ4v) is 3.27. The first-order valence-corrected chi connectivity index (χ1v) is 10.5. The lowest BCUT2D eigenvalue weighted by Gasteiger charge is -2.32. The minimum Gasteiger partial charge on any atom is -0.450 e. The van der Waals surface area contributed by atoms with Crippen molar-refractivity contribution >= 4 is 41.9 Å². The van der Waals surface area contributed by atoms with E-state index >= 15 is 0 Å². The van der Waals surface area contributed by atoms with Crippen LogP contribution in [0.15, 0.2) is 23.2 Å². The van der Waals surface area contributed by atoms with E-state index in [4.69, 9.17) is 9.73 Å². The summed E-state index contributed by atoms with van der Waals surface area (Å²) in [7, 11) is 3.46. The highest BCUT2D eigenvalue weighted by molar-refractivity contribution is 14.0. The monoisotopic (exact) mass is 545 g/mol. The van der Waals surface area contributed by atoms with Gasteiger partial charge in [-0.25, -0.2) is 9.79 Å². The van der Waals surface area contributed by atoms with Gasteiger partial charge in [-0.2, -0.15) is 0 Å². The molecule has 0 aliphatic carbocycles. The summed E-state index contributed by atoms with van der Waals surface area (Å²) in [6.45, 7) is 8.33. The van der Waals surface area contributed by atoms with Crippen LogP contribution in [0.5, 0.6) is 0 Å². The summed E-state index contributed by atoms with van der Waals surface area (Å²) < 4.78 is 5.08. The molecule has 31 heavy (non-hydrogen) atoms. The van der Waals surface area contributed by atoms with Crippen molar-refractivity contribution in [3.05, 3.63) is 34.9 Å². The van der Waals surface area contributed by atoms with E-state index in [-0.39, 0.29) is 48.6 Å². The lowest BCUT2D eigenvalue weighted by molar-refractivity contribution is -0.127. The van der Waals surface area contributed by atoms with E-state index in [0.717, 1.165) is 18.4 Å². The summed E-state index contributed by atoms with van der Waals surface area (Å²) in [6, 6.07) is 6.50. The number of carbonyl (C=O) groups is 2. The molecule has 9 heteroatoms. The molecule has 0 spiro atoms. The van der Waals surface area contributed by atoms with Gasteiger partial charge in [-0.3, -0.25) is 4.79 Å². The van der Waals surface area contributed by atoms with Crippen LogP contribution in [0.25, 0.3) is 0 Å². The summed E-state index contributed by atoms with van der Waals surface area (Å²) in [6.07, 6.45) is 1.34. The van der Waals surface area contributed by atoms with Crippen LogP contribution in [0, 0.1) is 13.8 Å². The minimum absolute atomic E-state index is 0. The van der Waals surface area contributed by atoms with E-state index in [2.05, 4.69) is 42.7 Å². The van der Waals surface area contributed by atoms with Gasteiger partial charge in [-0.05, 0) is 44.7 Å². The number of amides is 2. The van der Waals surface area contributed by atoms with E-state index in [9.17, 15) is 9.59 Å². The number of guanidine groups is 1. The number of carbonyl (C=O) groups excluding carboxylic acids is 2. The molecule has 1 fully saturated rings. The Morgan fingerprint density at radius 1 is 1.23 bits per heavy atom. The molecule has 0 saturated carbocycles. The van der Waals surface area contributed by atoms with Crippen LogP contribution in [-0.2, 0) is 16.1 Å². The van der Waals surface area contributed by atoms with E-state index < -0.39 is 0 Å². The zero-order valence-electron chi connectivity index (χ0n) is 19.2. The van der Waals surface area contributed by atoms with Crippen molar-refractivity contribution < 1.29 is 14.3 Å². The van der Waals surface area contributed by atoms with Gasteiger partial charge in [0.2, 0.25) is 5.91 Å². The van der Waals surface area contributed by atoms with E-state index in [1.807, 2.05) is 6.92 Å². The van der Waals surface area contributed by atoms with Crippen LogP contribution in [-0.4, -0.2) is 74.1 Å². The van der Waals surface area contributed by atoms with Gasteiger partial charge in [-0.15, -0.1) is 24.0 Å². The van der Waals surface area contributed by atoms with Crippen LogP contribution in [0.3, 0.4) is 0 Å². The highest BCUT2D eigenvalue weighted by Crippen LogP contribution is 2.13. The van der Waals surface area contributed by atoms with Crippen molar-refractivity contribution in [1.29, 1.82) is 0 Å². The normalized spacial score (nSPS) is 14.5. The maximum atomic E-state index is 12.0. The van der Waals surface area contributed by atoms with E-state index in [1.165, 1.54) is 11.1 Å². The summed E-state index contributed by atoms with van der Waals surface area (Å²) >= 11 is 0. The Balaban J connectivity index is 0.00000480. The molecule has 1 aromatic rings. The summed E-state index contributed by atoms with van der Waals surface area (Å²) in [4.78, 5) is 31.9. The summed E-state index contributed by atoms with van der Waals surface area (Å²) in [5.41, 5.74) is 3.57. The molecule has 1 heterocycles. The first kappa shape index (κ1) is 27.0. The van der Waals surface area contributed by atoms with E-state index in [1.54, 1.807) is 23.9 Å². The number of hydrogen-bond donors (Lipinski definition) is 2. The quantitative estimate of drug-likeness (QED) is 0.326. The Labute approximate surface area is 202 Å². The average Bonchev–Trinajstić information content (AvgIpc) is 2.71. The van der Waals surface area contributed by atoms with Crippen molar-refractivity contribution in [2.75, 3.05) is 40.3 Å². The largest absolute Gasteiger partial charge is 0.450 e. The molecule has 0 bridgehead atoms. The molecular formula is C22H36IN5O3. The lowest BCUT2D eigenvalue weighted by atomic mass is 10.1. The second-order valence-corrected chi connectivity index (χ2v) is 7.84. The summed E-state index contributed by atoms with van der Waals surface area (Å²) in [5, 5.41) is 6.58. The number of nitrogens with one attached hydrogen (secondary N) is 2. The number of likely N-dealkylation sites (tertiary alicyclic amines) is 1. The van der Waals surface area contributed by atoms with Gasteiger partial charge in [0, 0.05) is 33.2 Å². The van der Waals surface area contributed by atoms with Crippen LogP contribution in [0.1, 0.15) is 36.5 Å². The van der Waals surface area contributed by atoms with Gasteiger partial charge in [0.25, 0.3) is 0 Å². The molecule has 0 aromatic heterocycles. The topological polar surface area (TPSA) is 86.3 Å². The Morgan fingerprint density at radius 2 is 1.90 bits per heavy atom. The molecule has 1 aromatic carbocycles. The number of likely N-dealkylation sites (N-methyl/N-ethyl adjacent to an activating group) is 1. The Bertz CT molecular complexity index is 762. The molecule has 0 atom stereocenters. The average molecular weight is 545 g/mol. The van der Waals surface area contributed by atoms with Crippen molar-refractivity contribution in [2.24, 2.45) is 4.99 Å². The number of nitrogens with zero attached hydrogens (tertiary/aromatic N) is 3. The molecule has 1 aliphatic heterocycles. The molecule has 174 valence electrons. The number of piperidine rings is 1. The third kappa shape index (κ3) is 8.92. The van der Waals surface area contributed by atoms with Gasteiger partial charge >= 0.3 is 6.09 Å². The molecule has 1 saturated heterocycles. The summed E-state index contributed by atoms with van der Waals surface area (Å²) in [5.74, 6) is 0.591. The molecule has 0 radical (unpaired) electrons. The Morgan fingerprint density at radius 3 is 2.48 bits per heavy atom. The van der Waals surface area contributed by atoms with Crippen LogP contribution < -0.4 is 10.6 Å². The molecule has 2 N–H and O–H groups in total. The van der Waals surface area contributed by atoms with Crippen molar-refractivity contribution in [3.8, 4) is 0 Å². The zero-order valence-corrected chi connectivity index (χ0v) is 21.6. The van der Waals surface area contributed by atoms with Gasteiger partial charge in [0.15, 0.2) is 5.96 Å². The first-order chi connectivity index (χ1) is 14.3. The number of ether oxygens (including phenoxy) is 1. The van der Waals surface area contributed by atoms with Crippen molar-refractivity contribution in [3.63, 3.8) is 0 Å². The lowest BCUT2D eigenvalue weighted by Crippen LogP contribution is -2.51. The highest BCUT2D eigenvalue weighted by Gasteiger charge is 2.24. The standard InChI is InChI=1S/C22H35N5O3.HI/c1-6-30-22(29)27-11-9-19(10-12-27)25-21(24-15-20(28)26(4)5)23-14-18-8-7-16(2)13-17(18)3;/h7-8,13,19H,6,9-12,14-15H2,1-5H3,(H2,23,24,25);1H. The fourth-order valence-electron chi connectivity index (χ4n) is 3.27. The smallest absolute Gasteiger partial charge is 0.409 e. The Hall–Kier alpha value is -2.04. The molecular weight excluding hydrogens is 509 g/mol. The SMILES string of the molecule is CCOC(=O)N1CCC(NC(=NCc2ccc(C)cc2C)NCC(=O)N(C)C)CC1.I. The molecule has 2 rings (SSSR count). The predicted octanol–water partition coefficient (Wildman–Crippen LogP) is 2.67. The van der Waals surface area contributed by atoms with Gasteiger partial charge < -0.3 is 25.2 Å². The van der Waals surface area contributed by atoms with Gasteiger partial charge in [0.05, 0.1) is 19.7 Å².